The molecular formula is C14H21ClN2O. The third kappa shape index (κ3) is 3.47. The molecule has 0 radical (unpaired) electrons. The maximum absolute atomic E-state index is 12.2. The lowest BCUT2D eigenvalue weighted by atomic mass is 10.0. The average Bonchev–Trinajstić information content (AvgIpc) is 2.30. The van der Waals surface area contributed by atoms with E-state index in [2.05, 4.69) is 10.6 Å². The zero-order chi connectivity index (χ0) is 12.3. The lowest BCUT2D eigenvalue weighted by Gasteiger charge is -2.24. The number of benzene rings is 1. The summed E-state index contributed by atoms with van der Waals surface area (Å²) in [5.41, 5.74) is 2.93. The molecule has 1 heterocycles. The molecule has 0 aromatic heterocycles. The standard InChI is InChI=1S/C14H20N2O.ClH/c1-10-5-3-6-11(2)13(10)14(17)16-12-7-4-8-15-9-12;/h3,5-6,12,15H,4,7-9H2,1-2H3,(H,16,17);1H/t12-;/m0./s1. The first kappa shape index (κ1) is 15.0. The molecule has 1 aromatic carbocycles. The van der Waals surface area contributed by atoms with Crippen molar-refractivity contribution in [1.82, 2.24) is 10.6 Å². The Morgan fingerprint density at radius 2 is 2.00 bits per heavy atom. The molecule has 4 heteroatoms. The Morgan fingerprint density at radius 3 is 2.56 bits per heavy atom. The minimum atomic E-state index is 0. The number of aryl methyl sites for hydroxylation is 2. The molecule has 1 saturated heterocycles. The number of nitrogens with one attached hydrogen (secondary N) is 2. The average molecular weight is 269 g/mol. The summed E-state index contributed by atoms with van der Waals surface area (Å²) in [7, 11) is 0. The molecule has 0 aliphatic carbocycles. The molecule has 3 nitrogen and oxygen atoms in total. The van der Waals surface area contributed by atoms with E-state index in [1.807, 2.05) is 32.0 Å². The van der Waals surface area contributed by atoms with E-state index < -0.39 is 0 Å². The van der Waals surface area contributed by atoms with Crippen LogP contribution in [0.2, 0.25) is 0 Å². The van der Waals surface area contributed by atoms with E-state index in [-0.39, 0.29) is 24.4 Å². The van der Waals surface area contributed by atoms with Crippen LogP contribution >= 0.6 is 12.4 Å². The molecule has 100 valence electrons. The monoisotopic (exact) mass is 268 g/mol. The smallest absolute Gasteiger partial charge is 0.252 e. The van der Waals surface area contributed by atoms with Crippen LogP contribution in [0.3, 0.4) is 0 Å². The van der Waals surface area contributed by atoms with Gasteiger partial charge in [-0.05, 0) is 44.4 Å². The zero-order valence-corrected chi connectivity index (χ0v) is 11.8. The molecule has 1 aromatic rings. The van der Waals surface area contributed by atoms with E-state index in [4.69, 9.17) is 0 Å². The van der Waals surface area contributed by atoms with Crippen LogP contribution in [0.1, 0.15) is 34.3 Å². The third-order valence-electron chi connectivity index (χ3n) is 3.34. The van der Waals surface area contributed by atoms with Crippen LogP contribution in [0.15, 0.2) is 18.2 Å². The van der Waals surface area contributed by atoms with Gasteiger partial charge in [0.1, 0.15) is 0 Å². The van der Waals surface area contributed by atoms with Crippen LogP contribution in [0.4, 0.5) is 0 Å². The van der Waals surface area contributed by atoms with Gasteiger partial charge in [-0.1, -0.05) is 18.2 Å². The van der Waals surface area contributed by atoms with Gasteiger partial charge in [0.15, 0.2) is 0 Å². The summed E-state index contributed by atoms with van der Waals surface area (Å²) in [6.45, 7) is 5.93. The van der Waals surface area contributed by atoms with Crippen molar-refractivity contribution in [1.29, 1.82) is 0 Å². The lowest BCUT2D eigenvalue weighted by molar-refractivity contribution is 0.0929. The fraction of sp³-hybridized carbons (Fsp3) is 0.500. The highest BCUT2D eigenvalue weighted by Crippen LogP contribution is 2.14. The van der Waals surface area contributed by atoms with E-state index in [9.17, 15) is 4.79 Å². The summed E-state index contributed by atoms with van der Waals surface area (Å²) in [5.74, 6) is 0.0642. The van der Waals surface area contributed by atoms with Crippen molar-refractivity contribution in [2.45, 2.75) is 32.7 Å². The number of carbonyl (C=O) groups is 1. The van der Waals surface area contributed by atoms with Crippen LogP contribution in [0.5, 0.6) is 0 Å². The summed E-state index contributed by atoms with van der Waals surface area (Å²) in [4.78, 5) is 12.2. The molecule has 0 unspecified atom stereocenters. The van der Waals surface area contributed by atoms with Gasteiger partial charge < -0.3 is 10.6 Å². The highest BCUT2D eigenvalue weighted by molar-refractivity contribution is 5.97. The van der Waals surface area contributed by atoms with Crippen LogP contribution in [-0.2, 0) is 0 Å². The fourth-order valence-electron chi connectivity index (χ4n) is 2.41. The molecule has 1 fully saturated rings. The second kappa shape index (κ2) is 6.76. The number of rotatable bonds is 2. The fourth-order valence-corrected chi connectivity index (χ4v) is 2.41. The van der Waals surface area contributed by atoms with Crippen molar-refractivity contribution in [3.05, 3.63) is 34.9 Å². The molecule has 18 heavy (non-hydrogen) atoms. The Labute approximate surface area is 115 Å². The molecule has 0 saturated carbocycles. The Bertz CT molecular complexity index is 394. The molecule has 1 aliphatic rings. The van der Waals surface area contributed by atoms with E-state index in [1.165, 1.54) is 0 Å². The predicted octanol–water partition coefficient (Wildman–Crippen LogP) is 2.21. The second-order valence-electron chi connectivity index (χ2n) is 4.78. The number of piperidine rings is 1. The Kier molecular flexibility index (Phi) is 5.63. The van der Waals surface area contributed by atoms with Gasteiger partial charge in [0.25, 0.3) is 5.91 Å². The van der Waals surface area contributed by atoms with Crippen LogP contribution in [0, 0.1) is 13.8 Å². The van der Waals surface area contributed by atoms with Gasteiger partial charge in [0, 0.05) is 18.2 Å². The number of hydrogen-bond donors (Lipinski definition) is 2. The molecule has 0 bridgehead atoms. The molecular weight excluding hydrogens is 248 g/mol. The van der Waals surface area contributed by atoms with Gasteiger partial charge in [-0.3, -0.25) is 4.79 Å². The Hall–Kier alpha value is -1.06. The molecule has 1 aliphatic heterocycles. The normalized spacial score (nSPS) is 18.9. The van der Waals surface area contributed by atoms with Crippen molar-refractivity contribution >= 4 is 18.3 Å². The maximum atomic E-state index is 12.2. The summed E-state index contributed by atoms with van der Waals surface area (Å²) < 4.78 is 0. The van der Waals surface area contributed by atoms with E-state index >= 15 is 0 Å². The summed E-state index contributed by atoms with van der Waals surface area (Å²) in [5, 5.41) is 6.42. The number of halogens is 1. The second-order valence-corrected chi connectivity index (χ2v) is 4.78. The van der Waals surface area contributed by atoms with Crippen LogP contribution < -0.4 is 10.6 Å². The van der Waals surface area contributed by atoms with E-state index in [0.29, 0.717) is 0 Å². The van der Waals surface area contributed by atoms with Crippen LogP contribution in [-0.4, -0.2) is 25.0 Å². The van der Waals surface area contributed by atoms with Crippen LogP contribution in [0.25, 0.3) is 0 Å². The third-order valence-corrected chi connectivity index (χ3v) is 3.34. The lowest BCUT2D eigenvalue weighted by Crippen LogP contribution is -2.45. The Morgan fingerprint density at radius 1 is 1.33 bits per heavy atom. The highest BCUT2D eigenvalue weighted by atomic mass is 35.5. The maximum Gasteiger partial charge on any atom is 0.252 e. The topological polar surface area (TPSA) is 41.1 Å². The minimum Gasteiger partial charge on any atom is -0.348 e. The summed E-state index contributed by atoms with van der Waals surface area (Å²) >= 11 is 0. The van der Waals surface area contributed by atoms with Crippen molar-refractivity contribution in [3.8, 4) is 0 Å². The van der Waals surface area contributed by atoms with Crippen molar-refractivity contribution in [2.24, 2.45) is 0 Å². The summed E-state index contributed by atoms with van der Waals surface area (Å²) in [6, 6.07) is 6.24. The zero-order valence-electron chi connectivity index (χ0n) is 11.0. The molecule has 2 N–H and O–H groups in total. The van der Waals surface area contributed by atoms with E-state index in [1.54, 1.807) is 0 Å². The number of carbonyl (C=O) groups excluding carboxylic acids is 1. The first-order chi connectivity index (χ1) is 8.18. The predicted molar refractivity (Wildman–Crippen MR) is 76.5 cm³/mol. The first-order valence-electron chi connectivity index (χ1n) is 6.26. The van der Waals surface area contributed by atoms with Crippen molar-refractivity contribution < 1.29 is 4.79 Å². The van der Waals surface area contributed by atoms with E-state index in [0.717, 1.165) is 42.6 Å². The molecule has 0 spiro atoms. The molecule has 1 atom stereocenters. The molecule has 2 rings (SSSR count). The first-order valence-corrected chi connectivity index (χ1v) is 6.26. The molecule has 1 amide bonds. The van der Waals surface area contributed by atoms with Crippen molar-refractivity contribution in [3.63, 3.8) is 0 Å². The quantitative estimate of drug-likeness (QED) is 0.864. The summed E-state index contributed by atoms with van der Waals surface area (Å²) in [6.07, 6.45) is 2.21. The van der Waals surface area contributed by atoms with Gasteiger partial charge in [-0.2, -0.15) is 0 Å². The van der Waals surface area contributed by atoms with Gasteiger partial charge in [-0.25, -0.2) is 0 Å². The van der Waals surface area contributed by atoms with Crippen molar-refractivity contribution in [2.75, 3.05) is 13.1 Å². The number of amides is 1. The largest absolute Gasteiger partial charge is 0.348 e. The number of hydrogen-bond acceptors (Lipinski definition) is 2. The van der Waals surface area contributed by atoms with Gasteiger partial charge >= 0.3 is 0 Å². The van der Waals surface area contributed by atoms with Gasteiger partial charge in [0.2, 0.25) is 0 Å². The van der Waals surface area contributed by atoms with Gasteiger partial charge in [-0.15, -0.1) is 12.4 Å². The highest BCUT2D eigenvalue weighted by Gasteiger charge is 2.18. The minimum absolute atomic E-state index is 0. The van der Waals surface area contributed by atoms with Gasteiger partial charge in [0.05, 0.1) is 0 Å². The Balaban J connectivity index is 0.00000162. The SMILES string of the molecule is Cc1cccc(C)c1C(=O)N[C@H]1CCCNC1.Cl.